The number of carboxylic acids is 2. The molecule has 1 unspecified atom stereocenters. The van der Waals surface area contributed by atoms with Crippen molar-refractivity contribution in [3.8, 4) is 0 Å². The number of rotatable bonds is 8. The summed E-state index contributed by atoms with van der Waals surface area (Å²) in [7, 11) is 0. The molecule has 0 saturated carbocycles. The van der Waals surface area contributed by atoms with E-state index in [0.717, 1.165) is 18.2 Å². The van der Waals surface area contributed by atoms with Gasteiger partial charge in [-0.1, -0.05) is 19.1 Å². The van der Waals surface area contributed by atoms with Crippen molar-refractivity contribution in [1.29, 1.82) is 0 Å². The molecule has 2 aromatic rings. The molecule has 0 fully saturated rings. The van der Waals surface area contributed by atoms with E-state index >= 15 is 0 Å². The Balaban J connectivity index is 2.26. The fourth-order valence-corrected chi connectivity index (χ4v) is 2.60. The molecule has 0 aliphatic carbocycles. The number of non-ortho nitro benzene ring substituents is 1. The second kappa shape index (κ2) is 9.28. The fourth-order valence-electron chi connectivity index (χ4n) is 2.60. The van der Waals surface area contributed by atoms with Gasteiger partial charge in [-0.3, -0.25) is 19.7 Å². The van der Waals surface area contributed by atoms with Crippen LogP contribution in [0.15, 0.2) is 42.5 Å². The van der Waals surface area contributed by atoms with E-state index in [2.05, 4.69) is 10.6 Å². The summed E-state index contributed by atoms with van der Waals surface area (Å²) >= 11 is 0. The number of hydrogen-bond acceptors (Lipinski definition) is 6. The Labute approximate surface area is 169 Å². The van der Waals surface area contributed by atoms with Crippen LogP contribution in [-0.2, 0) is 0 Å². The maximum Gasteiger partial charge on any atom is 0.336 e. The number of nitrogens with zero attached hydrogens (tertiary/aromatic N) is 1. The van der Waals surface area contributed by atoms with E-state index in [9.17, 15) is 39.5 Å². The number of amides is 2. The molecule has 0 heterocycles. The van der Waals surface area contributed by atoms with Crippen LogP contribution in [-0.4, -0.2) is 45.1 Å². The van der Waals surface area contributed by atoms with Crippen LogP contribution in [0.2, 0.25) is 0 Å². The highest BCUT2D eigenvalue weighted by Crippen LogP contribution is 2.18. The Hall–Kier alpha value is -4.28. The van der Waals surface area contributed by atoms with Crippen LogP contribution < -0.4 is 10.6 Å². The summed E-state index contributed by atoms with van der Waals surface area (Å²) in [6.07, 6.45) is -0.822. The van der Waals surface area contributed by atoms with E-state index in [1.165, 1.54) is 24.3 Å². The van der Waals surface area contributed by atoms with Gasteiger partial charge in [-0.2, -0.15) is 0 Å². The molecule has 156 valence electrons. The van der Waals surface area contributed by atoms with Gasteiger partial charge in [0.1, 0.15) is 6.17 Å². The Morgan fingerprint density at radius 2 is 1.40 bits per heavy atom. The van der Waals surface area contributed by atoms with E-state index < -0.39 is 51.7 Å². The number of carbonyl (C=O) groups is 4. The van der Waals surface area contributed by atoms with Crippen molar-refractivity contribution >= 4 is 29.4 Å². The highest BCUT2D eigenvalue weighted by molar-refractivity contribution is 6.06. The first-order chi connectivity index (χ1) is 14.1. The van der Waals surface area contributed by atoms with Gasteiger partial charge in [-0.05, 0) is 24.6 Å². The lowest BCUT2D eigenvalue weighted by Crippen LogP contribution is -2.48. The monoisotopic (exact) mass is 415 g/mol. The average molecular weight is 415 g/mol. The number of nitro groups is 1. The molecule has 2 amide bonds. The average Bonchev–Trinajstić information content (AvgIpc) is 2.72. The number of nitro benzene ring substituents is 1. The predicted molar refractivity (Wildman–Crippen MR) is 102 cm³/mol. The summed E-state index contributed by atoms with van der Waals surface area (Å²) in [5.74, 6) is -4.48. The zero-order valence-electron chi connectivity index (χ0n) is 15.6. The van der Waals surface area contributed by atoms with Crippen molar-refractivity contribution in [3.63, 3.8) is 0 Å². The topological polar surface area (TPSA) is 176 Å². The minimum atomic E-state index is -1.46. The molecule has 0 aliphatic rings. The summed E-state index contributed by atoms with van der Waals surface area (Å²) < 4.78 is 0. The first-order valence-electron chi connectivity index (χ1n) is 8.61. The van der Waals surface area contributed by atoms with Crippen molar-refractivity contribution < 1.29 is 34.3 Å². The fraction of sp³-hybridized carbons (Fsp3) is 0.158. The number of aromatic carboxylic acids is 2. The lowest BCUT2D eigenvalue weighted by atomic mass is 10.1. The van der Waals surface area contributed by atoms with Crippen LogP contribution >= 0.6 is 0 Å². The third kappa shape index (κ3) is 4.95. The molecule has 2 rings (SSSR count). The molecule has 0 saturated heterocycles. The van der Waals surface area contributed by atoms with E-state index in [0.29, 0.717) is 0 Å². The normalized spacial score (nSPS) is 11.2. The Morgan fingerprint density at radius 1 is 0.900 bits per heavy atom. The molecular formula is C19H17N3O8. The molecule has 11 heteroatoms. The van der Waals surface area contributed by atoms with E-state index in [-0.39, 0.29) is 17.5 Å². The van der Waals surface area contributed by atoms with Crippen LogP contribution in [0.4, 0.5) is 5.69 Å². The van der Waals surface area contributed by atoms with E-state index in [4.69, 9.17) is 0 Å². The minimum absolute atomic E-state index is 0.126. The molecule has 0 spiro atoms. The first kappa shape index (κ1) is 22.0. The minimum Gasteiger partial charge on any atom is -0.478 e. The summed E-state index contributed by atoms with van der Waals surface area (Å²) in [6.45, 7) is 1.61. The number of carboxylic acid groups (broad SMARTS) is 2. The molecule has 0 aromatic heterocycles. The highest BCUT2D eigenvalue weighted by Gasteiger charge is 2.24. The molecule has 0 radical (unpaired) electrons. The van der Waals surface area contributed by atoms with Crippen molar-refractivity contribution in [3.05, 3.63) is 74.8 Å². The van der Waals surface area contributed by atoms with Crippen LogP contribution in [0.25, 0.3) is 0 Å². The second-order valence-electron chi connectivity index (χ2n) is 6.05. The summed E-state index contributed by atoms with van der Waals surface area (Å²) in [4.78, 5) is 57.8. The van der Waals surface area contributed by atoms with Crippen molar-refractivity contribution in [2.45, 2.75) is 19.5 Å². The van der Waals surface area contributed by atoms with Crippen molar-refractivity contribution in [2.24, 2.45) is 0 Å². The summed E-state index contributed by atoms with van der Waals surface area (Å²) in [6, 6.07) is 8.21. The summed E-state index contributed by atoms with van der Waals surface area (Å²) in [5.41, 5.74) is -1.73. The molecule has 30 heavy (non-hydrogen) atoms. The van der Waals surface area contributed by atoms with Gasteiger partial charge in [0.15, 0.2) is 0 Å². The molecular weight excluding hydrogens is 398 g/mol. The maximum absolute atomic E-state index is 12.6. The van der Waals surface area contributed by atoms with Crippen molar-refractivity contribution in [1.82, 2.24) is 10.6 Å². The summed E-state index contributed by atoms with van der Waals surface area (Å²) in [5, 5.41) is 34.2. The van der Waals surface area contributed by atoms with Gasteiger partial charge >= 0.3 is 11.9 Å². The Morgan fingerprint density at radius 3 is 1.90 bits per heavy atom. The van der Waals surface area contributed by atoms with E-state index in [1.807, 2.05) is 0 Å². The molecule has 11 nitrogen and oxygen atoms in total. The third-order valence-electron chi connectivity index (χ3n) is 4.11. The number of hydrogen-bond donors (Lipinski definition) is 4. The zero-order chi connectivity index (χ0) is 22.4. The smallest absolute Gasteiger partial charge is 0.336 e. The molecule has 1 atom stereocenters. The van der Waals surface area contributed by atoms with Crippen LogP contribution in [0.5, 0.6) is 0 Å². The SMILES string of the molecule is CCC(NC(=O)c1ccccc1C(=O)O)NC(=O)c1cc([N+](=O)[O-])ccc1C(=O)O. The highest BCUT2D eigenvalue weighted by atomic mass is 16.6. The molecule has 4 N–H and O–H groups in total. The largest absolute Gasteiger partial charge is 0.478 e. The number of nitrogens with one attached hydrogen (secondary N) is 2. The van der Waals surface area contributed by atoms with Gasteiger partial charge in [0.25, 0.3) is 17.5 Å². The number of benzene rings is 2. The Kier molecular flexibility index (Phi) is 6.81. The molecule has 0 bridgehead atoms. The quantitative estimate of drug-likeness (QED) is 0.287. The standard InChI is InChI=1S/C19H17N3O8/c1-2-15(20-16(23)11-5-3-4-6-12(11)18(25)26)21-17(24)14-9-10(22(29)30)7-8-13(14)19(27)28/h3-9,15H,2H2,1H3,(H,20,23)(H,21,24)(H,25,26)(H,27,28). The van der Waals surface area contributed by atoms with Crippen LogP contribution in [0.1, 0.15) is 54.8 Å². The lowest BCUT2D eigenvalue weighted by molar-refractivity contribution is -0.384. The van der Waals surface area contributed by atoms with Crippen molar-refractivity contribution in [2.75, 3.05) is 0 Å². The van der Waals surface area contributed by atoms with E-state index in [1.54, 1.807) is 6.92 Å². The zero-order valence-corrected chi connectivity index (χ0v) is 15.6. The van der Waals surface area contributed by atoms with Gasteiger partial charge in [0, 0.05) is 12.1 Å². The van der Waals surface area contributed by atoms with Gasteiger partial charge in [0.2, 0.25) is 0 Å². The van der Waals surface area contributed by atoms with Gasteiger partial charge in [-0.25, -0.2) is 9.59 Å². The second-order valence-corrected chi connectivity index (χ2v) is 6.05. The van der Waals surface area contributed by atoms with Crippen LogP contribution in [0.3, 0.4) is 0 Å². The van der Waals surface area contributed by atoms with Gasteiger partial charge in [-0.15, -0.1) is 0 Å². The lowest BCUT2D eigenvalue weighted by Gasteiger charge is -2.19. The first-order valence-corrected chi connectivity index (χ1v) is 8.61. The Bertz CT molecular complexity index is 1030. The van der Waals surface area contributed by atoms with Gasteiger partial charge in [0.05, 0.1) is 27.2 Å². The predicted octanol–water partition coefficient (Wildman–Crippen LogP) is 1.89. The molecule has 2 aromatic carbocycles. The maximum atomic E-state index is 12.6. The number of carbonyl (C=O) groups excluding carboxylic acids is 2. The molecule has 0 aliphatic heterocycles. The van der Waals surface area contributed by atoms with Crippen LogP contribution in [0, 0.1) is 10.1 Å². The van der Waals surface area contributed by atoms with Gasteiger partial charge < -0.3 is 20.8 Å². The third-order valence-corrected chi connectivity index (χ3v) is 4.11.